The summed E-state index contributed by atoms with van der Waals surface area (Å²) in [6, 6.07) is -2.64. The average Bonchev–Trinajstić information content (AvgIpc) is 2.99. The van der Waals surface area contributed by atoms with Crippen LogP contribution in [0.4, 0.5) is 0 Å². The molecule has 0 aromatic heterocycles. The van der Waals surface area contributed by atoms with Gasteiger partial charge in [-0.25, -0.2) is 0 Å². The Hall–Kier alpha value is -1.97. The molecule has 0 spiro atoms. The molecule has 0 aliphatic carbocycles. The molecule has 1 fully saturated rings. The van der Waals surface area contributed by atoms with Crippen molar-refractivity contribution in [3.8, 4) is 0 Å². The van der Waals surface area contributed by atoms with Crippen LogP contribution < -0.4 is 21.3 Å². The zero-order valence-corrected chi connectivity index (χ0v) is 16.4. The Bertz CT molecular complexity index is 636. The van der Waals surface area contributed by atoms with Gasteiger partial charge in [-0.2, -0.15) is 0 Å². The molecule has 0 bridgehead atoms. The summed E-state index contributed by atoms with van der Waals surface area (Å²) >= 11 is 0. The number of hydrogen-bond donors (Lipinski definition) is 6. The van der Waals surface area contributed by atoms with Crippen molar-refractivity contribution in [2.45, 2.75) is 70.4 Å². The first-order chi connectivity index (χ1) is 12.5. The zero-order chi connectivity index (χ0) is 20.8. The lowest BCUT2D eigenvalue weighted by atomic mass is 10.1. The first-order valence-electron chi connectivity index (χ1n) is 8.71. The zero-order valence-electron chi connectivity index (χ0n) is 15.5. The molecule has 4 amide bonds. The van der Waals surface area contributed by atoms with Gasteiger partial charge in [0, 0.05) is 6.42 Å². The van der Waals surface area contributed by atoms with Gasteiger partial charge in [-0.15, -0.1) is 0 Å². The molecule has 1 aliphatic heterocycles. The molecule has 1 heterocycles. The highest BCUT2D eigenvalue weighted by atomic mass is 31.2. The van der Waals surface area contributed by atoms with Crippen LogP contribution in [-0.2, 0) is 23.7 Å². The van der Waals surface area contributed by atoms with Gasteiger partial charge in [0.05, 0.1) is 0 Å². The van der Waals surface area contributed by atoms with Crippen LogP contribution in [0.2, 0.25) is 0 Å². The third kappa shape index (κ3) is 7.28. The number of amides is 4. The van der Waals surface area contributed by atoms with Crippen molar-refractivity contribution < 1.29 is 33.5 Å². The predicted molar refractivity (Wildman–Crippen MR) is 95.3 cm³/mol. The van der Waals surface area contributed by atoms with Gasteiger partial charge in [0.15, 0.2) is 0 Å². The molecule has 0 unspecified atom stereocenters. The largest absolute Gasteiger partial charge is 0.347 e. The summed E-state index contributed by atoms with van der Waals surface area (Å²) in [5.74, 6) is -3.45. The maximum Gasteiger partial charge on any atom is 0.347 e. The molecule has 1 rings (SSSR count). The minimum Gasteiger partial charge on any atom is -0.344 e. The Labute approximate surface area is 157 Å². The van der Waals surface area contributed by atoms with Crippen LogP contribution in [0.25, 0.3) is 0 Å². The first kappa shape index (κ1) is 23.1. The van der Waals surface area contributed by atoms with Crippen molar-refractivity contribution in [2.75, 3.05) is 0 Å². The van der Waals surface area contributed by atoms with E-state index in [-0.39, 0.29) is 18.7 Å². The molecule has 0 saturated carbocycles. The van der Waals surface area contributed by atoms with Crippen molar-refractivity contribution >= 4 is 31.2 Å². The standard InChI is InChI=1S/C15H27N4O7P/c1-4-5-10(15(23)17-9(3)27(24,25)26)19-13(21)8(2)16-14(22)11-6-7-12(20)18-11/h8-11H,4-7H2,1-3H3,(H,16,22)(H,17,23)(H,18,20)(H,19,21)(H2,24,25,26)/t8-,9+,10-,11-/m0/s1. The third-order valence-corrected chi connectivity index (χ3v) is 5.27. The fourth-order valence-electron chi connectivity index (χ4n) is 2.44. The molecule has 1 saturated heterocycles. The second-order valence-electron chi connectivity index (χ2n) is 6.51. The highest BCUT2D eigenvalue weighted by molar-refractivity contribution is 7.52. The van der Waals surface area contributed by atoms with Crippen LogP contribution in [0.5, 0.6) is 0 Å². The molecule has 11 nitrogen and oxygen atoms in total. The Kier molecular flexibility index (Phi) is 8.39. The summed E-state index contributed by atoms with van der Waals surface area (Å²) in [6.45, 7) is 4.39. The maximum atomic E-state index is 12.3. The van der Waals surface area contributed by atoms with Crippen molar-refractivity contribution in [3.63, 3.8) is 0 Å². The van der Waals surface area contributed by atoms with Crippen molar-refractivity contribution in [2.24, 2.45) is 0 Å². The highest BCUT2D eigenvalue weighted by Gasteiger charge is 2.32. The predicted octanol–water partition coefficient (Wildman–Crippen LogP) is -1.31. The molecule has 154 valence electrons. The van der Waals surface area contributed by atoms with Crippen LogP contribution in [0.3, 0.4) is 0 Å². The van der Waals surface area contributed by atoms with E-state index in [0.717, 1.165) is 0 Å². The molecular weight excluding hydrogens is 379 g/mol. The molecule has 6 N–H and O–H groups in total. The van der Waals surface area contributed by atoms with Crippen LogP contribution in [-0.4, -0.2) is 57.3 Å². The Balaban J connectivity index is 2.62. The van der Waals surface area contributed by atoms with Crippen LogP contribution in [0, 0.1) is 0 Å². The maximum absolute atomic E-state index is 12.3. The topological polar surface area (TPSA) is 174 Å². The molecule has 0 aromatic rings. The quantitative estimate of drug-likeness (QED) is 0.258. The van der Waals surface area contributed by atoms with Gasteiger partial charge in [-0.3, -0.25) is 23.7 Å². The molecule has 12 heteroatoms. The van der Waals surface area contributed by atoms with Gasteiger partial charge in [0.2, 0.25) is 23.6 Å². The molecule has 0 radical (unpaired) electrons. The summed E-state index contributed by atoms with van der Waals surface area (Å²) in [4.78, 5) is 65.8. The van der Waals surface area contributed by atoms with E-state index in [0.29, 0.717) is 12.8 Å². The van der Waals surface area contributed by atoms with Gasteiger partial charge < -0.3 is 31.1 Å². The number of hydrogen-bond acceptors (Lipinski definition) is 5. The molecule has 1 aliphatic rings. The third-order valence-electron chi connectivity index (χ3n) is 4.13. The van der Waals surface area contributed by atoms with Crippen LogP contribution >= 0.6 is 7.60 Å². The van der Waals surface area contributed by atoms with Gasteiger partial charge >= 0.3 is 7.60 Å². The lowest BCUT2D eigenvalue weighted by molar-refractivity contribution is -0.132. The van der Waals surface area contributed by atoms with Crippen molar-refractivity contribution in [1.82, 2.24) is 21.3 Å². The summed E-state index contributed by atoms with van der Waals surface area (Å²) in [7, 11) is -4.49. The smallest absolute Gasteiger partial charge is 0.344 e. The number of carbonyl (C=O) groups excluding carboxylic acids is 4. The highest BCUT2D eigenvalue weighted by Crippen LogP contribution is 2.39. The second kappa shape index (κ2) is 9.82. The first-order valence-corrected chi connectivity index (χ1v) is 10.4. The Morgan fingerprint density at radius 1 is 1.19 bits per heavy atom. The van der Waals surface area contributed by atoms with Gasteiger partial charge in [-0.1, -0.05) is 13.3 Å². The average molecular weight is 406 g/mol. The minimum absolute atomic E-state index is 0.230. The molecule has 4 atom stereocenters. The van der Waals surface area contributed by atoms with E-state index in [2.05, 4.69) is 21.3 Å². The summed E-state index contributed by atoms with van der Waals surface area (Å²) in [6.07, 6.45) is 1.39. The monoisotopic (exact) mass is 406 g/mol. The normalized spacial score (nSPS) is 20.2. The molecule has 27 heavy (non-hydrogen) atoms. The number of nitrogens with one attached hydrogen (secondary N) is 4. The van der Waals surface area contributed by atoms with E-state index in [1.165, 1.54) is 13.8 Å². The van der Waals surface area contributed by atoms with Gasteiger partial charge in [0.25, 0.3) is 0 Å². The van der Waals surface area contributed by atoms with Gasteiger partial charge in [0.1, 0.15) is 23.9 Å². The van der Waals surface area contributed by atoms with Crippen LogP contribution in [0.1, 0.15) is 46.5 Å². The van der Waals surface area contributed by atoms with E-state index in [9.17, 15) is 23.7 Å². The van der Waals surface area contributed by atoms with E-state index in [4.69, 9.17) is 9.79 Å². The van der Waals surface area contributed by atoms with Crippen LogP contribution in [0.15, 0.2) is 0 Å². The Morgan fingerprint density at radius 3 is 2.30 bits per heavy atom. The van der Waals surface area contributed by atoms with Gasteiger partial charge in [-0.05, 0) is 26.7 Å². The van der Waals surface area contributed by atoms with E-state index in [1.54, 1.807) is 6.92 Å². The van der Waals surface area contributed by atoms with E-state index < -0.39 is 49.2 Å². The summed E-state index contributed by atoms with van der Waals surface area (Å²) < 4.78 is 11.2. The minimum atomic E-state index is -4.49. The van der Waals surface area contributed by atoms with E-state index >= 15 is 0 Å². The summed E-state index contributed by atoms with van der Waals surface area (Å²) in [5, 5.41) is 9.62. The molecular formula is C15H27N4O7P. The second-order valence-corrected chi connectivity index (χ2v) is 8.47. The molecule has 0 aromatic carbocycles. The fourth-order valence-corrected chi connectivity index (χ4v) is 2.73. The van der Waals surface area contributed by atoms with Crippen molar-refractivity contribution in [1.29, 1.82) is 0 Å². The lowest BCUT2D eigenvalue weighted by Crippen LogP contribution is -2.55. The van der Waals surface area contributed by atoms with E-state index in [1.807, 2.05) is 0 Å². The SMILES string of the molecule is CCC[C@H](NC(=O)[C@H](C)NC(=O)[C@@H]1CCC(=O)N1)C(=O)N[C@@H](C)P(=O)(O)O. The number of rotatable bonds is 9. The Morgan fingerprint density at radius 2 is 1.81 bits per heavy atom. The fraction of sp³-hybridized carbons (Fsp3) is 0.733. The number of carbonyl (C=O) groups is 4. The lowest BCUT2D eigenvalue weighted by Gasteiger charge is -2.23. The summed E-state index contributed by atoms with van der Waals surface area (Å²) in [5.41, 5.74) is 0. The van der Waals surface area contributed by atoms with Crippen molar-refractivity contribution in [3.05, 3.63) is 0 Å².